The Morgan fingerprint density at radius 2 is 0.626 bits per heavy atom. The van der Waals surface area contributed by atoms with E-state index in [9.17, 15) is 0 Å². The normalized spacial score (nSPS) is 11.6. The van der Waals surface area contributed by atoms with Gasteiger partial charge in [-0.05, 0) is 160 Å². The Hall–Kier alpha value is -12.9. The molecule has 0 spiro atoms. The third kappa shape index (κ3) is 12.2. The summed E-state index contributed by atoms with van der Waals surface area (Å²) in [4.78, 5) is 4.56. The smallest absolute Gasteiger partial charge is 0.143 e. The number of aromatic nitrogens is 1. The molecule has 22 rings (SSSR count). The van der Waals surface area contributed by atoms with Crippen molar-refractivity contribution in [3.63, 3.8) is 0 Å². The lowest BCUT2D eigenvalue weighted by molar-refractivity contribution is 0.669. The number of benzene rings is 16. The number of para-hydroxylation sites is 2. The van der Waals surface area contributed by atoms with E-state index in [0.717, 1.165) is 94.6 Å². The molecule has 0 radical (unpaired) electrons. The zero-order chi connectivity index (χ0) is 70.7. The zero-order valence-corrected chi connectivity index (χ0v) is 60.7. The Balaban J connectivity index is 0.000000107. The number of thiazole rings is 1. The summed E-state index contributed by atoms with van der Waals surface area (Å²) in [5.41, 5.74) is 25.0. The van der Waals surface area contributed by atoms with Crippen molar-refractivity contribution in [1.82, 2.24) is 4.98 Å². The summed E-state index contributed by atoms with van der Waals surface area (Å²) in [5, 5.41) is 23.3. The maximum absolute atomic E-state index is 6.42. The molecule has 6 aromatic heterocycles. The molecule has 0 saturated heterocycles. The summed E-state index contributed by atoms with van der Waals surface area (Å²) in [6.07, 6.45) is 0. The fraction of sp³-hybridized carbons (Fsp3) is 0. The summed E-state index contributed by atoms with van der Waals surface area (Å²) in [6.45, 7) is 0. The Bertz CT molecular complexity index is 7090. The van der Waals surface area contributed by atoms with E-state index in [2.05, 4.69) is 330 Å². The summed E-state index contributed by atoms with van der Waals surface area (Å²) < 4.78 is 21.5. The number of furan rings is 2. The van der Waals surface area contributed by atoms with Crippen LogP contribution >= 0.6 is 45.3 Å². The monoisotopic (exact) mass is 1440 g/mol. The van der Waals surface area contributed by atoms with Crippen LogP contribution in [0.5, 0.6) is 0 Å². The molecule has 0 fully saturated rings. The Morgan fingerprint density at radius 3 is 1.25 bits per heavy atom. The van der Waals surface area contributed by atoms with Crippen molar-refractivity contribution in [3.8, 4) is 55.6 Å². The molecule has 107 heavy (non-hydrogen) atoms. The minimum absolute atomic E-state index is 0.901. The van der Waals surface area contributed by atoms with E-state index in [-0.39, 0.29) is 0 Å². The minimum Gasteiger partial charge on any atom is -0.456 e. The van der Waals surface area contributed by atoms with Gasteiger partial charge in [0.15, 0.2) is 0 Å². The summed E-state index contributed by atoms with van der Waals surface area (Å²) >= 11 is 7.24. The molecular weight excluding hydrogens is 1380 g/mol. The minimum atomic E-state index is 0.901. The second-order valence-corrected chi connectivity index (χ2v) is 30.9. The maximum atomic E-state index is 6.42. The molecule has 6 nitrogen and oxygen atoms in total. The highest BCUT2D eigenvalue weighted by molar-refractivity contribution is 7.27. The molecule has 6 heterocycles. The number of nitrogens with one attached hydrogen (secondary N) is 3. The molecule has 0 saturated carbocycles. The van der Waals surface area contributed by atoms with Crippen LogP contribution < -0.4 is 16.0 Å². The quantitative estimate of drug-likeness (QED) is 0.120. The topological polar surface area (TPSA) is 75.3 Å². The van der Waals surface area contributed by atoms with Gasteiger partial charge in [-0.25, -0.2) is 4.98 Å². The first-order chi connectivity index (χ1) is 52.9. The third-order valence-electron chi connectivity index (χ3n) is 20.1. The number of rotatable bonds is 11. The average molecular weight is 1440 g/mol. The van der Waals surface area contributed by atoms with Crippen LogP contribution in [0.1, 0.15) is 0 Å². The highest BCUT2D eigenvalue weighted by Crippen LogP contribution is 2.47. The van der Waals surface area contributed by atoms with Crippen molar-refractivity contribution < 1.29 is 8.83 Å². The standard InChI is InChI=1S/C36H23NOS.C31H18N2OS2.C30H21NS/c1-2-8-23(9-3-1)24-14-16-25(17-15-24)31-20-27(21-32-28-10-4-6-12-33(28)38-36(31)32)37-26-18-19-30-29-11-5-7-13-34(29)39-35(30)22-26;1-3-7-27-21(5-1)24-14-19(10-11-28(24)34-27)33-20-15-23(18-9-12-30-26(13-18)32-17-35-30)31-25(16-20)22-6-2-4-8-29(22)36-31;1-3-9-21(10-4-1)22-15-17-24(18-16-22)31-25-19-27(23-11-5-2-6-12-23)30-28(20-25)26-13-7-8-14-29(26)32-30/h1-22,37H;1-17,33H;1-20,31H. The van der Waals surface area contributed by atoms with E-state index in [0.29, 0.717) is 0 Å². The van der Waals surface area contributed by atoms with E-state index in [1.807, 2.05) is 82.0 Å². The molecular formula is C97H62N4O2S4. The van der Waals surface area contributed by atoms with E-state index in [1.165, 1.54) is 110 Å². The SMILES string of the molecule is c1ccc(-c2ccc(-c3cc(Nc4ccc5c(c4)sc4ccccc45)cc4c3oc3ccccc34)cc2)cc1.c1ccc(-c2ccc(Nc3cc(-c4ccccc4)c4sc5ccccc5c4c3)cc2)cc1.c1ccc2c(c1)oc1ccc(Nc3cc(-c4ccc5scnc5c4)c4sc5ccccc5c4c3)cc12. The predicted molar refractivity (Wildman–Crippen MR) is 462 cm³/mol. The first kappa shape index (κ1) is 63.7. The van der Waals surface area contributed by atoms with Gasteiger partial charge >= 0.3 is 0 Å². The van der Waals surface area contributed by atoms with E-state index >= 15 is 0 Å². The zero-order valence-electron chi connectivity index (χ0n) is 57.5. The molecule has 3 N–H and O–H groups in total. The van der Waals surface area contributed by atoms with Crippen LogP contribution in [0.3, 0.4) is 0 Å². The molecule has 10 heteroatoms. The number of thiophene rings is 3. The van der Waals surface area contributed by atoms with Gasteiger partial charge in [-0.1, -0.05) is 231 Å². The number of nitrogens with zero attached hydrogens (tertiary/aromatic N) is 1. The van der Waals surface area contributed by atoms with Gasteiger partial charge in [0.2, 0.25) is 0 Å². The van der Waals surface area contributed by atoms with Gasteiger partial charge in [-0.15, -0.1) is 45.3 Å². The van der Waals surface area contributed by atoms with Gasteiger partial charge in [-0.3, -0.25) is 0 Å². The lowest BCUT2D eigenvalue weighted by Crippen LogP contribution is -1.91. The fourth-order valence-electron chi connectivity index (χ4n) is 14.9. The van der Waals surface area contributed by atoms with Crippen LogP contribution in [0.4, 0.5) is 34.1 Å². The van der Waals surface area contributed by atoms with Gasteiger partial charge in [-0.2, -0.15) is 0 Å². The molecule has 0 bridgehead atoms. The Labute approximate surface area is 632 Å². The Kier molecular flexibility index (Phi) is 16.2. The van der Waals surface area contributed by atoms with Crippen LogP contribution in [0.15, 0.2) is 366 Å². The van der Waals surface area contributed by atoms with Gasteiger partial charge in [0.25, 0.3) is 0 Å². The van der Waals surface area contributed by atoms with E-state index < -0.39 is 0 Å². The van der Waals surface area contributed by atoms with Gasteiger partial charge in [0, 0.05) is 133 Å². The molecule has 0 aliphatic carbocycles. The second kappa shape index (κ2) is 27.3. The predicted octanol–water partition coefficient (Wildman–Crippen LogP) is 30.1. The van der Waals surface area contributed by atoms with Crippen molar-refractivity contribution in [1.29, 1.82) is 0 Å². The van der Waals surface area contributed by atoms with Crippen LogP contribution in [0, 0.1) is 0 Å². The van der Waals surface area contributed by atoms with Gasteiger partial charge in [0.1, 0.15) is 22.3 Å². The van der Waals surface area contributed by atoms with Crippen LogP contribution in [-0.2, 0) is 0 Å². The fourth-order valence-corrected chi connectivity index (χ4v) is 19.2. The van der Waals surface area contributed by atoms with E-state index in [1.54, 1.807) is 11.3 Å². The first-order valence-electron chi connectivity index (χ1n) is 35.7. The van der Waals surface area contributed by atoms with Gasteiger partial charge in [0.05, 0.1) is 15.7 Å². The van der Waals surface area contributed by atoms with Crippen LogP contribution in [0.25, 0.3) is 170 Å². The highest BCUT2D eigenvalue weighted by atomic mass is 32.1. The highest BCUT2D eigenvalue weighted by Gasteiger charge is 2.19. The molecule has 506 valence electrons. The van der Waals surface area contributed by atoms with Crippen molar-refractivity contribution in [2.75, 3.05) is 16.0 Å². The molecule has 0 atom stereocenters. The molecule has 0 amide bonds. The molecule has 16 aromatic carbocycles. The second-order valence-electron chi connectivity index (χ2n) is 26.8. The lowest BCUT2D eigenvalue weighted by atomic mass is 9.98. The summed E-state index contributed by atoms with van der Waals surface area (Å²) in [7, 11) is 0. The van der Waals surface area contributed by atoms with Crippen molar-refractivity contribution >= 4 is 194 Å². The van der Waals surface area contributed by atoms with Crippen molar-refractivity contribution in [2.45, 2.75) is 0 Å². The molecule has 22 aromatic rings. The lowest BCUT2D eigenvalue weighted by Gasteiger charge is -2.12. The van der Waals surface area contributed by atoms with Crippen molar-refractivity contribution in [3.05, 3.63) is 357 Å². The first-order valence-corrected chi connectivity index (χ1v) is 39.0. The maximum Gasteiger partial charge on any atom is 0.143 e. The third-order valence-corrected chi connectivity index (χ3v) is 24.5. The summed E-state index contributed by atoms with van der Waals surface area (Å²) in [5.74, 6) is 0. The largest absolute Gasteiger partial charge is 0.456 e. The van der Waals surface area contributed by atoms with Crippen molar-refractivity contribution in [2.24, 2.45) is 0 Å². The average Bonchev–Trinajstić information content (AvgIpc) is 1.63. The van der Waals surface area contributed by atoms with Gasteiger partial charge < -0.3 is 24.8 Å². The van der Waals surface area contributed by atoms with Crippen LogP contribution in [0.2, 0.25) is 0 Å². The number of fused-ring (bicyclic) bond motifs is 16. The molecule has 0 unspecified atom stereocenters. The van der Waals surface area contributed by atoms with E-state index in [4.69, 9.17) is 8.83 Å². The molecule has 0 aliphatic heterocycles. The van der Waals surface area contributed by atoms with Crippen LogP contribution in [-0.4, -0.2) is 4.98 Å². The molecule has 0 aliphatic rings. The number of anilines is 6. The number of hydrogen-bond acceptors (Lipinski definition) is 10. The summed E-state index contributed by atoms with van der Waals surface area (Å²) in [6, 6.07) is 125. The number of hydrogen-bond donors (Lipinski definition) is 3. The Morgan fingerprint density at radius 1 is 0.224 bits per heavy atom.